The summed E-state index contributed by atoms with van der Waals surface area (Å²) >= 11 is 0. The number of hydrogen-bond donors (Lipinski definition) is 1. The molecule has 0 spiro atoms. The van der Waals surface area contributed by atoms with Crippen LogP contribution in [0.5, 0.6) is 0 Å². The molecule has 1 amide bonds. The number of halogens is 1. The third kappa shape index (κ3) is 2.99. The second-order valence-electron chi connectivity index (χ2n) is 5.75. The molecule has 1 N–H and O–H groups in total. The normalized spacial score (nSPS) is 24.9. The van der Waals surface area contributed by atoms with Gasteiger partial charge in [-0.15, -0.1) is 12.4 Å². The van der Waals surface area contributed by atoms with Gasteiger partial charge in [0.2, 0.25) is 5.91 Å². The summed E-state index contributed by atoms with van der Waals surface area (Å²) in [4.78, 5) is 14.6. The zero-order valence-corrected chi connectivity index (χ0v) is 12.8. The SMILES string of the molecule is CCC1CCN(C(=O)C2Cc3ccccc3CN2)C1.Cl. The second kappa shape index (κ2) is 6.59. The van der Waals surface area contributed by atoms with E-state index in [1.807, 2.05) is 0 Å². The fourth-order valence-corrected chi connectivity index (χ4v) is 3.22. The topological polar surface area (TPSA) is 32.3 Å². The third-order valence-corrected chi connectivity index (χ3v) is 4.55. The van der Waals surface area contributed by atoms with Gasteiger partial charge in [0, 0.05) is 19.6 Å². The molecule has 1 aromatic rings. The molecule has 3 rings (SSSR count). The highest BCUT2D eigenvalue weighted by Crippen LogP contribution is 2.22. The molecule has 4 heteroatoms. The number of carbonyl (C=O) groups excluding carboxylic acids is 1. The first-order valence-corrected chi connectivity index (χ1v) is 7.37. The van der Waals surface area contributed by atoms with Gasteiger partial charge in [0.1, 0.15) is 0 Å². The number of nitrogens with zero attached hydrogens (tertiary/aromatic N) is 1. The maximum absolute atomic E-state index is 12.5. The molecule has 0 bridgehead atoms. The van der Waals surface area contributed by atoms with Gasteiger partial charge in [-0.05, 0) is 29.9 Å². The van der Waals surface area contributed by atoms with Crippen molar-refractivity contribution in [3.63, 3.8) is 0 Å². The van der Waals surface area contributed by atoms with Crippen LogP contribution in [0, 0.1) is 5.92 Å². The summed E-state index contributed by atoms with van der Waals surface area (Å²) in [5, 5.41) is 3.39. The second-order valence-corrected chi connectivity index (χ2v) is 5.75. The van der Waals surface area contributed by atoms with Crippen molar-refractivity contribution in [1.82, 2.24) is 10.2 Å². The number of benzene rings is 1. The molecule has 2 aliphatic heterocycles. The Balaban J connectivity index is 0.00000147. The average molecular weight is 295 g/mol. The number of fused-ring (bicyclic) bond motifs is 1. The predicted octanol–water partition coefficient (Wildman–Crippen LogP) is 2.38. The highest BCUT2D eigenvalue weighted by molar-refractivity contribution is 5.85. The van der Waals surface area contributed by atoms with Gasteiger partial charge in [-0.3, -0.25) is 4.79 Å². The molecule has 1 aromatic carbocycles. The minimum absolute atomic E-state index is 0. The molecule has 0 aromatic heterocycles. The number of likely N-dealkylation sites (tertiary alicyclic amines) is 1. The summed E-state index contributed by atoms with van der Waals surface area (Å²) in [5.74, 6) is 1.00. The number of hydrogen-bond acceptors (Lipinski definition) is 2. The van der Waals surface area contributed by atoms with Gasteiger partial charge in [-0.25, -0.2) is 0 Å². The third-order valence-electron chi connectivity index (χ3n) is 4.55. The summed E-state index contributed by atoms with van der Waals surface area (Å²) in [7, 11) is 0. The Bertz CT molecular complexity index is 477. The van der Waals surface area contributed by atoms with Gasteiger partial charge in [0.05, 0.1) is 6.04 Å². The molecule has 0 aliphatic carbocycles. The smallest absolute Gasteiger partial charge is 0.240 e. The lowest BCUT2D eigenvalue weighted by Crippen LogP contribution is -2.48. The minimum atomic E-state index is -0.0227. The van der Waals surface area contributed by atoms with E-state index in [0.717, 1.165) is 26.1 Å². The Morgan fingerprint density at radius 3 is 2.80 bits per heavy atom. The first-order valence-electron chi connectivity index (χ1n) is 7.37. The Morgan fingerprint density at radius 2 is 2.10 bits per heavy atom. The van der Waals surface area contributed by atoms with Crippen LogP contribution in [0.1, 0.15) is 30.9 Å². The Labute approximate surface area is 127 Å². The van der Waals surface area contributed by atoms with E-state index in [2.05, 4.69) is 41.4 Å². The summed E-state index contributed by atoms with van der Waals surface area (Å²) in [6, 6.07) is 8.40. The number of amides is 1. The molecular formula is C16H23ClN2O. The van der Waals surface area contributed by atoms with Gasteiger partial charge in [-0.1, -0.05) is 37.6 Å². The average Bonchev–Trinajstić information content (AvgIpc) is 2.95. The zero-order valence-electron chi connectivity index (χ0n) is 12.0. The molecule has 3 nitrogen and oxygen atoms in total. The summed E-state index contributed by atoms with van der Waals surface area (Å²) in [6.07, 6.45) is 3.19. The fourth-order valence-electron chi connectivity index (χ4n) is 3.22. The number of carbonyl (C=O) groups is 1. The maximum atomic E-state index is 12.5. The van der Waals surface area contributed by atoms with Crippen LogP contribution in [-0.4, -0.2) is 29.9 Å². The Morgan fingerprint density at radius 1 is 1.35 bits per heavy atom. The Hall–Kier alpha value is -1.06. The zero-order chi connectivity index (χ0) is 13.2. The van der Waals surface area contributed by atoms with Crippen molar-refractivity contribution in [2.24, 2.45) is 5.92 Å². The van der Waals surface area contributed by atoms with E-state index in [1.54, 1.807) is 0 Å². The molecule has 0 saturated carbocycles. The van der Waals surface area contributed by atoms with E-state index in [0.29, 0.717) is 11.8 Å². The molecule has 0 radical (unpaired) electrons. The van der Waals surface area contributed by atoms with Crippen molar-refractivity contribution >= 4 is 18.3 Å². The predicted molar refractivity (Wildman–Crippen MR) is 83.0 cm³/mol. The highest BCUT2D eigenvalue weighted by atomic mass is 35.5. The Kier molecular flexibility index (Phi) is 5.06. The molecule has 20 heavy (non-hydrogen) atoms. The quantitative estimate of drug-likeness (QED) is 0.908. The van der Waals surface area contributed by atoms with E-state index in [-0.39, 0.29) is 18.4 Å². The summed E-state index contributed by atoms with van der Waals surface area (Å²) in [5.41, 5.74) is 2.66. The summed E-state index contributed by atoms with van der Waals surface area (Å²) in [6.45, 7) is 4.93. The van der Waals surface area contributed by atoms with Gasteiger partial charge in [0.25, 0.3) is 0 Å². The molecule has 2 heterocycles. The largest absolute Gasteiger partial charge is 0.341 e. The van der Waals surface area contributed by atoms with Crippen LogP contribution in [0.3, 0.4) is 0 Å². The summed E-state index contributed by atoms with van der Waals surface area (Å²) < 4.78 is 0. The lowest BCUT2D eigenvalue weighted by Gasteiger charge is -2.29. The molecule has 110 valence electrons. The molecule has 2 atom stereocenters. The van der Waals surface area contributed by atoms with Crippen molar-refractivity contribution in [2.75, 3.05) is 13.1 Å². The first-order chi connectivity index (χ1) is 9.28. The highest BCUT2D eigenvalue weighted by Gasteiger charge is 2.31. The van der Waals surface area contributed by atoms with Crippen molar-refractivity contribution < 1.29 is 4.79 Å². The van der Waals surface area contributed by atoms with Gasteiger partial charge in [-0.2, -0.15) is 0 Å². The van der Waals surface area contributed by atoms with Crippen LogP contribution in [0.25, 0.3) is 0 Å². The number of nitrogens with one attached hydrogen (secondary N) is 1. The van der Waals surface area contributed by atoms with Crippen molar-refractivity contribution in [2.45, 2.75) is 38.8 Å². The molecular weight excluding hydrogens is 272 g/mol. The maximum Gasteiger partial charge on any atom is 0.240 e. The van der Waals surface area contributed by atoms with E-state index >= 15 is 0 Å². The first kappa shape index (κ1) is 15.3. The molecule has 1 saturated heterocycles. The van der Waals surface area contributed by atoms with Gasteiger partial charge < -0.3 is 10.2 Å². The minimum Gasteiger partial charge on any atom is -0.341 e. The van der Waals surface area contributed by atoms with Gasteiger partial charge >= 0.3 is 0 Å². The van der Waals surface area contributed by atoms with E-state index < -0.39 is 0 Å². The van der Waals surface area contributed by atoms with Crippen LogP contribution in [-0.2, 0) is 17.8 Å². The van der Waals surface area contributed by atoms with Crippen LogP contribution >= 0.6 is 12.4 Å². The molecule has 2 aliphatic rings. The van der Waals surface area contributed by atoms with E-state index in [4.69, 9.17) is 0 Å². The molecule has 2 unspecified atom stereocenters. The van der Waals surface area contributed by atoms with E-state index in [1.165, 1.54) is 24.0 Å². The van der Waals surface area contributed by atoms with Crippen LogP contribution in [0.4, 0.5) is 0 Å². The lowest BCUT2D eigenvalue weighted by molar-refractivity contribution is -0.132. The van der Waals surface area contributed by atoms with Crippen molar-refractivity contribution in [1.29, 1.82) is 0 Å². The lowest BCUT2D eigenvalue weighted by atomic mass is 9.95. The molecule has 1 fully saturated rings. The fraction of sp³-hybridized carbons (Fsp3) is 0.562. The van der Waals surface area contributed by atoms with Crippen LogP contribution < -0.4 is 5.32 Å². The van der Waals surface area contributed by atoms with Crippen molar-refractivity contribution in [3.05, 3.63) is 35.4 Å². The van der Waals surface area contributed by atoms with Gasteiger partial charge in [0.15, 0.2) is 0 Å². The van der Waals surface area contributed by atoms with E-state index in [9.17, 15) is 4.79 Å². The number of rotatable bonds is 2. The van der Waals surface area contributed by atoms with Crippen molar-refractivity contribution in [3.8, 4) is 0 Å². The van der Waals surface area contributed by atoms with Crippen LogP contribution in [0.2, 0.25) is 0 Å². The standard InChI is InChI=1S/C16H22N2O.ClH/c1-2-12-7-8-18(11-12)16(19)15-9-13-5-3-4-6-14(13)10-17-15;/h3-6,12,15,17H,2,7-11H2,1H3;1H. The van der Waals surface area contributed by atoms with Crippen LogP contribution in [0.15, 0.2) is 24.3 Å². The monoisotopic (exact) mass is 294 g/mol.